The number of ketones is 1. The third-order valence-corrected chi connectivity index (χ3v) is 3.60. The van der Waals surface area contributed by atoms with Crippen molar-refractivity contribution in [2.45, 2.75) is 34.5 Å². The third kappa shape index (κ3) is 6.74. The second kappa shape index (κ2) is 10.1. The fourth-order valence-corrected chi connectivity index (χ4v) is 2.65. The van der Waals surface area contributed by atoms with E-state index >= 15 is 0 Å². The molecule has 0 atom stereocenters. The maximum atomic E-state index is 10.0. The van der Waals surface area contributed by atoms with E-state index in [4.69, 9.17) is 9.22 Å². The first-order valence-corrected chi connectivity index (χ1v) is 8.25. The van der Waals surface area contributed by atoms with Crippen LogP contribution in [0.25, 0.3) is 22.0 Å². The Labute approximate surface area is 178 Å². The molecule has 3 aromatic rings. The van der Waals surface area contributed by atoms with Gasteiger partial charge in [-0.15, -0.1) is 34.9 Å². The molecule has 2 aromatic carbocycles. The van der Waals surface area contributed by atoms with Gasteiger partial charge < -0.3 is 10.1 Å². The Morgan fingerprint density at radius 3 is 2.48 bits per heavy atom. The second-order valence-electron chi connectivity index (χ2n) is 6.27. The van der Waals surface area contributed by atoms with Crippen LogP contribution in [0.5, 0.6) is 0 Å². The molecule has 3 nitrogen and oxygen atoms in total. The monoisotopic (exact) mass is 542 g/mol. The van der Waals surface area contributed by atoms with Crippen molar-refractivity contribution in [1.29, 1.82) is 0 Å². The van der Waals surface area contributed by atoms with Crippen LogP contribution in [0.3, 0.4) is 0 Å². The molecule has 143 valence electrons. The van der Waals surface area contributed by atoms with E-state index in [-0.39, 0.29) is 37.2 Å². The van der Waals surface area contributed by atoms with Gasteiger partial charge in [0.25, 0.3) is 0 Å². The van der Waals surface area contributed by atoms with Gasteiger partial charge in [0.2, 0.25) is 0 Å². The molecule has 0 bridgehead atoms. The fraction of sp³-hybridized carbons (Fsp3) is 0.217. The average molecular weight is 542 g/mol. The number of aryl methyl sites for hydroxylation is 3. The smallest absolute Gasteiger partial charge is 0.155 e. The molecule has 0 spiro atoms. The van der Waals surface area contributed by atoms with Gasteiger partial charge in [0.15, 0.2) is 5.78 Å². The van der Waals surface area contributed by atoms with Gasteiger partial charge in [-0.25, -0.2) is 0 Å². The largest absolute Gasteiger partial charge is 0.512 e. The normalized spacial score (nSPS) is 12.7. The number of hydrogen-bond acceptors (Lipinski definition) is 3. The molecule has 0 saturated carbocycles. The van der Waals surface area contributed by atoms with Crippen LogP contribution in [0.1, 0.15) is 34.7 Å². The second-order valence-corrected chi connectivity index (χ2v) is 6.27. The third-order valence-electron chi connectivity index (χ3n) is 3.60. The van der Waals surface area contributed by atoms with Crippen molar-refractivity contribution in [3.63, 3.8) is 0 Å². The number of allylic oxidation sites excluding steroid dienone is 2. The molecule has 0 unspecified atom stereocenters. The number of aliphatic hydroxyl groups excluding tert-OH is 1. The molecular weight excluding hydrogens is 514 g/mol. The van der Waals surface area contributed by atoms with Gasteiger partial charge in [0, 0.05) is 36.5 Å². The summed E-state index contributed by atoms with van der Waals surface area (Å²) in [4.78, 5) is 14.5. The Kier molecular flexibility index (Phi) is 6.80. The van der Waals surface area contributed by atoms with E-state index in [1.807, 2.05) is 38.1 Å². The maximum absolute atomic E-state index is 10.0. The van der Waals surface area contributed by atoms with E-state index in [0.717, 1.165) is 27.6 Å². The molecule has 0 aliphatic carbocycles. The van der Waals surface area contributed by atoms with E-state index in [2.05, 4.69) is 17.1 Å². The SMILES string of the molecule is CC(=O)/C=C(/C)O.[2H]C([2H])([2H])c1[c-]c(-c2nccc3cc(C)ccc23)cc(C)c1.[Ir]. The molecule has 1 radical (unpaired) electrons. The molecule has 0 aliphatic rings. The summed E-state index contributed by atoms with van der Waals surface area (Å²) in [5.74, 6) is -0.0625. The number of rotatable bonds is 2. The zero-order valence-electron chi connectivity index (χ0n) is 18.8. The number of hydrogen-bond donors (Lipinski definition) is 1. The van der Waals surface area contributed by atoms with Crippen LogP contribution in [0.4, 0.5) is 0 Å². The minimum Gasteiger partial charge on any atom is -0.512 e. The fourth-order valence-electron chi connectivity index (χ4n) is 2.65. The average Bonchev–Trinajstić information content (AvgIpc) is 2.59. The zero-order chi connectivity index (χ0) is 21.8. The summed E-state index contributed by atoms with van der Waals surface area (Å²) in [5, 5.41) is 10.5. The van der Waals surface area contributed by atoms with Gasteiger partial charge in [0.05, 0.1) is 5.76 Å². The first kappa shape index (κ1) is 18.1. The van der Waals surface area contributed by atoms with Crippen molar-refractivity contribution in [2.24, 2.45) is 0 Å². The van der Waals surface area contributed by atoms with Crippen molar-refractivity contribution in [1.82, 2.24) is 4.98 Å². The zero-order valence-corrected chi connectivity index (χ0v) is 18.1. The Balaban J connectivity index is 0.000000489. The van der Waals surface area contributed by atoms with Gasteiger partial charge in [-0.3, -0.25) is 4.79 Å². The summed E-state index contributed by atoms with van der Waals surface area (Å²) in [7, 11) is 0. The van der Waals surface area contributed by atoms with E-state index in [1.165, 1.54) is 25.5 Å². The van der Waals surface area contributed by atoms with Gasteiger partial charge in [0.1, 0.15) is 0 Å². The van der Waals surface area contributed by atoms with Crippen LogP contribution in [-0.2, 0) is 24.9 Å². The van der Waals surface area contributed by atoms with Gasteiger partial charge in [-0.1, -0.05) is 37.5 Å². The Morgan fingerprint density at radius 2 is 1.89 bits per heavy atom. The number of aliphatic hydroxyl groups is 1. The summed E-state index contributed by atoms with van der Waals surface area (Å²) in [6, 6.07) is 14.7. The van der Waals surface area contributed by atoms with Gasteiger partial charge in [-0.2, -0.15) is 0 Å². The number of pyridine rings is 1. The molecule has 1 aromatic heterocycles. The first-order valence-electron chi connectivity index (χ1n) is 9.75. The summed E-state index contributed by atoms with van der Waals surface area (Å²) in [5.41, 5.74) is 3.80. The number of fused-ring (bicyclic) bond motifs is 1. The summed E-state index contributed by atoms with van der Waals surface area (Å²) in [6.07, 6.45) is 2.92. The van der Waals surface area contributed by atoms with Gasteiger partial charge >= 0.3 is 0 Å². The van der Waals surface area contributed by atoms with Crippen LogP contribution < -0.4 is 0 Å². The minimum atomic E-state index is -2.16. The molecule has 0 saturated heterocycles. The molecule has 27 heavy (non-hydrogen) atoms. The Morgan fingerprint density at radius 1 is 1.15 bits per heavy atom. The maximum Gasteiger partial charge on any atom is 0.155 e. The molecule has 4 heteroatoms. The predicted molar refractivity (Wildman–Crippen MR) is 107 cm³/mol. The quantitative estimate of drug-likeness (QED) is 0.259. The van der Waals surface area contributed by atoms with Crippen molar-refractivity contribution in [2.75, 3.05) is 0 Å². The molecule has 3 rings (SSSR count). The number of aromatic nitrogens is 1. The molecular formula is C23H24IrNO2-. The van der Waals surface area contributed by atoms with Crippen molar-refractivity contribution >= 4 is 16.6 Å². The predicted octanol–water partition coefficient (Wildman–Crippen LogP) is 5.66. The molecule has 1 heterocycles. The van der Waals surface area contributed by atoms with E-state index in [1.54, 1.807) is 12.3 Å². The summed E-state index contributed by atoms with van der Waals surface area (Å²) < 4.78 is 22.8. The first-order chi connectivity index (χ1) is 13.5. The topological polar surface area (TPSA) is 50.2 Å². The number of carbonyl (C=O) groups is 1. The summed E-state index contributed by atoms with van der Waals surface area (Å²) in [6.45, 7) is 4.62. The van der Waals surface area contributed by atoms with Crippen LogP contribution in [-0.4, -0.2) is 15.9 Å². The van der Waals surface area contributed by atoms with E-state index < -0.39 is 6.85 Å². The summed E-state index contributed by atoms with van der Waals surface area (Å²) >= 11 is 0. The standard InChI is InChI=1S/C18H16N.C5H8O2.Ir/c1-12-4-5-17-15(9-12)6-7-19-18(17)16-10-13(2)8-14(3)11-16;1-4(6)3-5(2)7;/h4-10H,1-3H3;3,6H,1-2H3;/q-1;;/b;4-3-;/i3D3;;. The molecule has 0 fully saturated rings. The molecule has 0 amide bonds. The van der Waals surface area contributed by atoms with E-state index in [9.17, 15) is 4.79 Å². The molecule has 1 N–H and O–H groups in total. The van der Waals surface area contributed by atoms with Crippen molar-refractivity contribution in [3.05, 3.63) is 77.2 Å². The number of nitrogens with zero attached hydrogens (tertiary/aromatic N) is 1. The van der Waals surface area contributed by atoms with Crippen LogP contribution in [0.15, 0.2) is 54.4 Å². The van der Waals surface area contributed by atoms with Crippen molar-refractivity contribution < 1.29 is 34.1 Å². The molecule has 0 aliphatic heterocycles. The van der Waals surface area contributed by atoms with Crippen LogP contribution in [0.2, 0.25) is 0 Å². The minimum absolute atomic E-state index is 0. The van der Waals surface area contributed by atoms with Gasteiger partial charge in [-0.05, 0) is 43.3 Å². The Hall–Kier alpha value is -2.29. The van der Waals surface area contributed by atoms with E-state index in [0.29, 0.717) is 0 Å². The van der Waals surface area contributed by atoms with Crippen LogP contribution >= 0.6 is 0 Å². The van der Waals surface area contributed by atoms with Crippen LogP contribution in [0, 0.1) is 26.8 Å². The van der Waals surface area contributed by atoms with Crippen molar-refractivity contribution in [3.8, 4) is 11.3 Å². The Bertz CT molecular complexity index is 1070. The number of benzene rings is 2. The number of carbonyl (C=O) groups excluding carboxylic acids is 1.